The molecule has 2 rings (SSSR count). The Morgan fingerprint density at radius 2 is 1.76 bits per heavy atom. The minimum absolute atomic E-state index is 0.185. The van der Waals surface area contributed by atoms with Crippen molar-refractivity contribution in [1.29, 1.82) is 0 Å². The lowest BCUT2D eigenvalue weighted by Gasteiger charge is -2.22. The van der Waals surface area contributed by atoms with Crippen molar-refractivity contribution in [2.24, 2.45) is 0 Å². The Morgan fingerprint density at radius 1 is 1.10 bits per heavy atom. The molecule has 0 spiro atoms. The van der Waals surface area contributed by atoms with E-state index in [1.807, 2.05) is 18.2 Å². The van der Waals surface area contributed by atoms with Gasteiger partial charge in [0.25, 0.3) is 0 Å². The van der Waals surface area contributed by atoms with E-state index in [-0.39, 0.29) is 11.3 Å². The van der Waals surface area contributed by atoms with Crippen LogP contribution in [0.4, 0.5) is 9.18 Å². The number of methoxy groups -OCH3 is 1. The Bertz CT molecular complexity index is 891. The maximum absolute atomic E-state index is 14.9. The monoisotopic (exact) mass is 421 g/mol. The second-order valence-electron chi connectivity index (χ2n) is 7.28. The number of hydrogen-bond acceptors (Lipinski definition) is 6. The lowest BCUT2D eigenvalue weighted by molar-refractivity contribution is -0.142. The molecule has 6 nitrogen and oxygen atoms in total. The molecule has 0 saturated heterocycles. The largest absolute Gasteiger partial charge is 0.467 e. The van der Waals surface area contributed by atoms with Gasteiger partial charge >= 0.3 is 12.1 Å². The van der Waals surface area contributed by atoms with Crippen LogP contribution in [0.2, 0.25) is 0 Å². The number of esters is 1. The van der Waals surface area contributed by atoms with E-state index in [2.05, 4.69) is 10.1 Å². The van der Waals surface area contributed by atoms with Gasteiger partial charge in [-0.1, -0.05) is 54.2 Å². The first-order chi connectivity index (χ1) is 13.6. The zero-order valence-corrected chi connectivity index (χ0v) is 17.5. The summed E-state index contributed by atoms with van der Waals surface area (Å²) in [5, 5.41) is 3.06. The molecule has 0 unspecified atom stereocenters. The Kier molecular flexibility index (Phi) is 7.61. The molecule has 2 atom stereocenters. The van der Waals surface area contributed by atoms with Crippen molar-refractivity contribution >= 4 is 39.7 Å². The van der Waals surface area contributed by atoms with E-state index < -0.39 is 35.0 Å². The van der Waals surface area contributed by atoms with E-state index >= 15 is 0 Å². The molecule has 0 aliphatic rings. The summed E-state index contributed by atoms with van der Waals surface area (Å²) in [6, 6.07) is 11.1. The van der Waals surface area contributed by atoms with Gasteiger partial charge in [-0.2, -0.15) is 0 Å². The number of thioether (sulfide) groups is 1. The highest BCUT2D eigenvalue weighted by Crippen LogP contribution is 2.30. The molecule has 0 heterocycles. The average Bonchev–Trinajstić information content (AvgIpc) is 2.67. The van der Waals surface area contributed by atoms with Crippen molar-refractivity contribution in [3.05, 3.63) is 48.0 Å². The van der Waals surface area contributed by atoms with Crippen LogP contribution in [0.3, 0.4) is 0 Å². The highest BCUT2D eigenvalue weighted by molar-refractivity contribution is 8.13. The number of hydrogen-bond donors (Lipinski definition) is 1. The third kappa shape index (κ3) is 6.45. The van der Waals surface area contributed by atoms with Crippen LogP contribution in [0, 0.1) is 0 Å². The second-order valence-corrected chi connectivity index (χ2v) is 8.31. The summed E-state index contributed by atoms with van der Waals surface area (Å²) < 4.78 is 24.6. The summed E-state index contributed by atoms with van der Waals surface area (Å²) >= 11 is 0.615. The van der Waals surface area contributed by atoms with Gasteiger partial charge in [-0.3, -0.25) is 4.79 Å². The summed E-state index contributed by atoms with van der Waals surface area (Å²) in [5.41, 5.74) is -0.498. The fourth-order valence-electron chi connectivity index (χ4n) is 2.60. The molecule has 156 valence electrons. The first kappa shape index (κ1) is 22.7. The molecule has 1 amide bonds. The number of fused-ring (bicyclic) bond motifs is 1. The predicted molar refractivity (Wildman–Crippen MR) is 110 cm³/mol. The predicted octanol–water partition coefficient (Wildman–Crippen LogP) is 4.18. The van der Waals surface area contributed by atoms with Gasteiger partial charge in [0.2, 0.25) is 5.12 Å². The van der Waals surface area contributed by atoms with Crippen LogP contribution in [0.5, 0.6) is 0 Å². The zero-order valence-electron chi connectivity index (χ0n) is 16.7. The molecule has 2 aromatic carbocycles. The van der Waals surface area contributed by atoms with Gasteiger partial charge in [0.05, 0.1) is 7.11 Å². The Morgan fingerprint density at radius 3 is 2.41 bits per heavy atom. The fraction of sp³-hybridized carbons (Fsp3) is 0.381. The quantitative estimate of drug-likeness (QED) is 0.705. The van der Waals surface area contributed by atoms with Gasteiger partial charge in [0.1, 0.15) is 11.6 Å². The van der Waals surface area contributed by atoms with Crippen molar-refractivity contribution in [3.8, 4) is 0 Å². The summed E-state index contributed by atoms with van der Waals surface area (Å²) in [6.07, 6.45) is -2.70. The molecular formula is C21H24FNO5S. The number of carbonyl (C=O) groups excluding carboxylic acids is 3. The topological polar surface area (TPSA) is 81.7 Å². The van der Waals surface area contributed by atoms with Crippen molar-refractivity contribution in [2.45, 2.75) is 38.6 Å². The number of nitrogens with one attached hydrogen (secondary N) is 1. The number of carbonyl (C=O) groups is 3. The smallest absolute Gasteiger partial charge is 0.408 e. The number of halogens is 1. The number of alkyl carbamates (subject to hydrolysis) is 1. The lowest BCUT2D eigenvalue weighted by Crippen LogP contribution is -2.45. The molecule has 0 fully saturated rings. The first-order valence-electron chi connectivity index (χ1n) is 8.98. The van der Waals surface area contributed by atoms with E-state index in [9.17, 15) is 18.8 Å². The van der Waals surface area contributed by atoms with E-state index in [1.165, 1.54) is 0 Å². The van der Waals surface area contributed by atoms with Crippen molar-refractivity contribution < 1.29 is 28.2 Å². The van der Waals surface area contributed by atoms with Crippen LogP contribution in [0.1, 0.15) is 32.5 Å². The zero-order chi connectivity index (χ0) is 21.6. The standard InChI is InChI=1S/C21H24FNO5S/c1-21(2,3)28-20(26)23-16(18(24)27-4)12-29-19(25)17(22)15-11-7-9-13-8-5-6-10-14(13)15/h5-11,16-17H,12H2,1-4H3,(H,23,26)/t16-,17+/m0/s1. The van der Waals surface area contributed by atoms with E-state index in [0.717, 1.165) is 12.5 Å². The van der Waals surface area contributed by atoms with Crippen molar-refractivity contribution in [1.82, 2.24) is 5.32 Å². The number of alkyl halides is 1. The van der Waals surface area contributed by atoms with Crippen LogP contribution in [0.15, 0.2) is 42.5 Å². The SMILES string of the molecule is COC(=O)[C@H](CSC(=O)[C@H](F)c1cccc2ccccc12)NC(=O)OC(C)(C)C. The van der Waals surface area contributed by atoms with Crippen LogP contribution in [0.25, 0.3) is 10.8 Å². The van der Waals surface area contributed by atoms with E-state index in [0.29, 0.717) is 17.1 Å². The number of benzene rings is 2. The third-order valence-corrected chi connectivity index (χ3v) is 4.86. The molecule has 8 heteroatoms. The summed E-state index contributed by atoms with van der Waals surface area (Å²) in [4.78, 5) is 36.3. The Hall–Kier alpha value is -2.61. The Labute approximate surface area is 173 Å². The van der Waals surface area contributed by atoms with E-state index in [1.54, 1.807) is 45.0 Å². The van der Waals surface area contributed by atoms with E-state index in [4.69, 9.17) is 4.74 Å². The van der Waals surface area contributed by atoms with Gasteiger partial charge in [0.15, 0.2) is 6.17 Å². The molecule has 2 aromatic rings. The molecule has 1 N–H and O–H groups in total. The normalized spacial score (nSPS) is 13.4. The summed E-state index contributed by atoms with van der Waals surface area (Å²) in [6.45, 7) is 5.03. The molecule has 0 radical (unpaired) electrons. The minimum atomic E-state index is -1.87. The van der Waals surface area contributed by atoms with Crippen molar-refractivity contribution in [3.63, 3.8) is 0 Å². The molecule has 0 aromatic heterocycles. The van der Waals surface area contributed by atoms with Crippen molar-refractivity contribution in [2.75, 3.05) is 12.9 Å². The minimum Gasteiger partial charge on any atom is -0.467 e. The first-order valence-corrected chi connectivity index (χ1v) is 9.96. The van der Waals surface area contributed by atoms with Crippen LogP contribution < -0.4 is 5.32 Å². The second kappa shape index (κ2) is 9.73. The molecule has 0 saturated carbocycles. The third-order valence-electron chi connectivity index (χ3n) is 3.87. The number of rotatable bonds is 6. The lowest BCUT2D eigenvalue weighted by atomic mass is 10.0. The van der Waals surface area contributed by atoms with Gasteiger partial charge in [-0.15, -0.1) is 0 Å². The summed E-state index contributed by atoms with van der Waals surface area (Å²) in [5.74, 6) is -0.938. The molecule has 0 bridgehead atoms. The highest BCUT2D eigenvalue weighted by Gasteiger charge is 2.28. The van der Waals surface area contributed by atoms with Gasteiger partial charge in [-0.05, 0) is 31.5 Å². The Balaban J connectivity index is 2.07. The molecule has 29 heavy (non-hydrogen) atoms. The number of ether oxygens (including phenoxy) is 2. The number of amides is 1. The maximum Gasteiger partial charge on any atom is 0.408 e. The summed E-state index contributed by atoms with van der Waals surface area (Å²) in [7, 11) is 1.16. The van der Waals surface area contributed by atoms with Gasteiger partial charge in [0, 0.05) is 11.3 Å². The highest BCUT2D eigenvalue weighted by atomic mass is 32.2. The molecular weight excluding hydrogens is 397 g/mol. The molecule has 0 aliphatic carbocycles. The van der Waals surface area contributed by atoms with Crippen LogP contribution in [-0.4, -0.2) is 41.7 Å². The van der Waals surface area contributed by atoms with Crippen LogP contribution in [-0.2, 0) is 19.1 Å². The van der Waals surface area contributed by atoms with Gasteiger partial charge < -0.3 is 14.8 Å². The fourth-order valence-corrected chi connectivity index (χ4v) is 3.42. The maximum atomic E-state index is 14.9. The van der Waals surface area contributed by atoms with Gasteiger partial charge in [-0.25, -0.2) is 14.0 Å². The van der Waals surface area contributed by atoms with Crippen LogP contribution >= 0.6 is 11.8 Å². The molecule has 0 aliphatic heterocycles. The average molecular weight is 421 g/mol.